The Bertz CT molecular complexity index is 623. The SMILES string of the molecule is CC.CC.Cc1cccc(C(N)=O)c1.Cc1ccccc1C(N)=O. The summed E-state index contributed by atoms with van der Waals surface area (Å²) in [6.07, 6.45) is 0. The second-order valence-electron chi connectivity index (χ2n) is 4.41. The van der Waals surface area contributed by atoms with Crippen LogP contribution in [0.5, 0.6) is 0 Å². The van der Waals surface area contributed by atoms with Crippen molar-refractivity contribution in [2.24, 2.45) is 11.5 Å². The smallest absolute Gasteiger partial charge is 0.248 e. The molecule has 0 aliphatic rings. The lowest BCUT2D eigenvalue weighted by molar-refractivity contribution is 0.0991. The van der Waals surface area contributed by atoms with Crippen LogP contribution in [0.1, 0.15) is 59.5 Å². The average Bonchev–Trinajstić information content (AvgIpc) is 2.59. The maximum atomic E-state index is 10.6. The molecular weight excluding hydrogens is 300 g/mol. The first-order valence-electron chi connectivity index (χ1n) is 8.13. The summed E-state index contributed by atoms with van der Waals surface area (Å²) in [4.78, 5) is 21.2. The lowest BCUT2D eigenvalue weighted by Crippen LogP contribution is -2.12. The quantitative estimate of drug-likeness (QED) is 0.863. The lowest BCUT2D eigenvalue weighted by atomic mass is 10.1. The number of primary amides is 2. The molecule has 0 aliphatic carbocycles. The van der Waals surface area contributed by atoms with Crippen LogP contribution in [-0.4, -0.2) is 11.8 Å². The summed E-state index contributed by atoms with van der Waals surface area (Å²) in [5.41, 5.74) is 13.3. The minimum Gasteiger partial charge on any atom is -0.366 e. The first-order valence-corrected chi connectivity index (χ1v) is 8.13. The molecule has 4 nitrogen and oxygen atoms in total. The van der Waals surface area contributed by atoms with Crippen LogP contribution in [0, 0.1) is 13.8 Å². The van der Waals surface area contributed by atoms with E-state index in [9.17, 15) is 9.59 Å². The van der Waals surface area contributed by atoms with Gasteiger partial charge < -0.3 is 11.5 Å². The fraction of sp³-hybridized carbons (Fsp3) is 0.300. The van der Waals surface area contributed by atoms with Crippen LogP contribution < -0.4 is 11.5 Å². The van der Waals surface area contributed by atoms with Gasteiger partial charge in [0.05, 0.1) is 0 Å². The van der Waals surface area contributed by atoms with Crippen molar-refractivity contribution in [1.29, 1.82) is 0 Å². The number of hydrogen-bond donors (Lipinski definition) is 2. The highest BCUT2D eigenvalue weighted by atomic mass is 16.1. The number of rotatable bonds is 2. The van der Waals surface area contributed by atoms with E-state index in [1.165, 1.54) is 0 Å². The Morgan fingerprint density at radius 1 is 0.750 bits per heavy atom. The van der Waals surface area contributed by atoms with E-state index < -0.39 is 0 Å². The molecule has 4 N–H and O–H groups in total. The number of benzene rings is 2. The molecule has 132 valence electrons. The van der Waals surface area contributed by atoms with Gasteiger partial charge in [0.25, 0.3) is 0 Å². The molecule has 2 aromatic carbocycles. The Morgan fingerprint density at radius 2 is 1.29 bits per heavy atom. The Hall–Kier alpha value is -2.62. The predicted octanol–water partition coefficient (Wildman–Crippen LogP) is 4.24. The molecule has 0 aliphatic heterocycles. The van der Waals surface area contributed by atoms with Gasteiger partial charge in [-0.25, -0.2) is 0 Å². The molecule has 4 heteroatoms. The highest BCUT2D eigenvalue weighted by molar-refractivity contribution is 5.94. The molecule has 0 spiro atoms. The van der Waals surface area contributed by atoms with Gasteiger partial charge in [-0.15, -0.1) is 0 Å². The van der Waals surface area contributed by atoms with Gasteiger partial charge in [0.15, 0.2) is 0 Å². The Morgan fingerprint density at radius 3 is 1.62 bits per heavy atom. The van der Waals surface area contributed by atoms with E-state index in [-0.39, 0.29) is 11.8 Å². The number of aryl methyl sites for hydroxylation is 2. The van der Waals surface area contributed by atoms with E-state index in [4.69, 9.17) is 11.5 Å². The van der Waals surface area contributed by atoms with Crippen LogP contribution in [0.25, 0.3) is 0 Å². The van der Waals surface area contributed by atoms with Crippen LogP contribution in [0.4, 0.5) is 0 Å². The molecule has 0 saturated carbocycles. The van der Waals surface area contributed by atoms with Crippen LogP contribution >= 0.6 is 0 Å². The summed E-state index contributed by atoms with van der Waals surface area (Å²) >= 11 is 0. The molecule has 0 bridgehead atoms. The average molecular weight is 330 g/mol. The molecule has 0 fully saturated rings. The second-order valence-corrected chi connectivity index (χ2v) is 4.41. The molecule has 2 amide bonds. The van der Waals surface area contributed by atoms with E-state index in [2.05, 4.69) is 0 Å². The van der Waals surface area contributed by atoms with Crippen molar-refractivity contribution in [3.63, 3.8) is 0 Å². The Balaban J connectivity index is 0. The van der Waals surface area contributed by atoms with Crippen molar-refractivity contribution in [3.8, 4) is 0 Å². The minimum atomic E-state index is -0.372. The number of hydrogen-bond acceptors (Lipinski definition) is 2. The van der Waals surface area contributed by atoms with E-state index >= 15 is 0 Å². The lowest BCUT2D eigenvalue weighted by Gasteiger charge is -1.97. The predicted molar refractivity (Wildman–Crippen MR) is 102 cm³/mol. The second kappa shape index (κ2) is 14.0. The summed E-state index contributed by atoms with van der Waals surface area (Å²) in [5, 5.41) is 0. The summed E-state index contributed by atoms with van der Waals surface area (Å²) < 4.78 is 0. The van der Waals surface area contributed by atoms with Gasteiger partial charge in [-0.3, -0.25) is 9.59 Å². The monoisotopic (exact) mass is 330 g/mol. The molecule has 0 radical (unpaired) electrons. The third-order valence-electron chi connectivity index (χ3n) is 2.71. The molecule has 24 heavy (non-hydrogen) atoms. The molecule has 2 rings (SSSR count). The molecule has 2 aromatic rings. The van der Waals surface area contributed by atoms with E-state index in [1.807, 2.05) is 65.8 Å². The third kappa shape index (κ3) is 9.41. The largest absolute Gasteiger partial charge is 0.366 e. The van der Waals surface area contributed by atoms with E-state index in [0.717, 1.165) is 11.1 Å². The highest BCUT2D eigenvalue weighted by Gasteiger charge is 2.00. The topological polar surface area (TPSA) is 86.2 Å². The van der Waals surface area contributed by atoms with E-state index in [0.29, 0.717) is 11.1 Å². The zero-order valence-corrected chi connectivity index (χ0v) is 15.6. The maximum Gasteiger partial charge on any atom is 0.248 e. The van der Waals surface area contributed by atoms with Crippen molar-refractivity contribution < 1.29 is 9.59 Å². The first-order chi connectivity index (χ1) is 11.4. The van der Waals surface area contributed by atoms with Gasteiger partial charge >= 0.3 is 0 Å². The van der Waals surface area contributed by atoms with Gasteiger partial charge in [-0.2, -0.15) is 0 Å². The number of carbonyl (C=O) groups is 2. The summed E-state index contributed by atoms with van der Waals surface area (Å²) in [5.74, 6) is -0.734. The maximum absolute atomic E-state index is 10.6. The van der Waals surface area contributed by atoms with Crippen LogP contribution in [0.3, 0.4) is 0 Å². The Kier molecular flexibility index (Phi) is 13.8. The van der Waals surface area contributed by atoms with Gasteiger partial charge in [0.2, 0.25) is 11.8 Å². The third-order valence-corrected chi connectivity index (χ3v) is 2.71. The minimum absolute atomic E-state index is 0.363. The van der Waals surface area contributed by atoms with Crippen LogP contribution in [-0.2, 0) is 0 Å². The van der Waals surface area contributed by atoms with Crippen molar-refractivity contribution >= 4 is 11.8 Å². The first kappa shape index (κ1) is 23.6. The van der Waals surface area contributed by atoms with Crippen molar-refractivity contribution in [1.82, 2.24) is 0 Å². The zero-order valence-electron chi connectivity index (χ0n) is 15.6. The van der Waals surface area contributed by atoms with E-state index in [1.54, 1.807) is 24.3 Å². The number of carbonyl (C=O) groups excluding carboxylic acids is 2. The zero-order chi connectivity index (χ0) is 19.1. The molecular formula is C20H30N2O2. The van der Waals surface area contributed by atoms with Gasteiger partial charge in [-0.1, -0.05) is 63.6 Å². The molecule has 0 aromatic heterocycles. The summed E-state index contributed by atoms with van der Waals surface area (Å²) in [6, 6.07) is 14.5. The fourth-order valence-corrected chi connectivity index (χ4v) is 1.65. The molecule has 0 atom stereocenters. The summed E-state index contributed by atoms with van der Waals surface area (Å²) in [7, 11) is 0. The number of amides is 2. The summed E-state index contributed by atoms with van der Waals surface area (Å²) in [6.45, 7) is 11.8. The molecule has 0 saturated heterocycles. The van der Waals surface area contributed by atoms with Crippen molar-refractivity contribution in [2.45, 2.75) is 41.5 Å². The molecule has 0 unspecified atom stereocenters. The van der Waals surface area contributed by atoms with Crippen LogP contribution in [0.15, 0.2) is 48.5 Å². The van der Waals surface area contributed by atoms with Gasteiger partial charge in [-0.05, 0) is 37.6 Å². The van der Waals surface area contributed by atoms with Gasteiger partial charge in [0.1, 0.15) is 0 Å². The van der Waals surface area contributed by atoms with Crippen LogP contribution in [0.2, 0.25) is 0 Å². The normalized spacial score (nSPS) is 8.25. The van der Waals surface area contributed by atoms with Crippen molar-refractivity contribution in [2.75, 3.05) is 0 Å². The molecule has 0 heterocycles. The number of nitrogens with two attached hydrogens (primary N) is 2. The standard InChI is InChI=1S/2C8H9NO.2C2H6/c1-6-3-2-4-7(5-6)8(9)10;1-6-4-2-3-5-7(6)8(9)10;2*1-2/h2*2-5H,1H3,(H2,9,10);2*1-2H3. The Labute approximate surface area is 145 Å². The fourth-order valence-electron chi connectivity index (χ4n) is 1.65. The van der Waals surface area contributed by atoms with Crippen molar-refractivity contribution in [3.05, 3.63) is 70.8 Å². The van der Waals surface area contributed by atoms with Gasteiger partial charge in [0, 0.05) is 11.1 Å². The highest BCUT2D eigenvalue weighted by Crippen LogP contribution is 2.04.